The highest BCUT2D eigenvalue weighted by molar-refractivity contribution is 9.11. The highest BCUT2D eigenvalue weighted by atomic mass is 79.9. The van der Waals surface area contributed by atoms with Gasteiger partial charge in [-0.15, -0.1) is 0 Å². The highest BCUT2D eigenvalue weighted by Crippen LogP contribution is 2.40. The fourth-order valence-corrected chi connectivity index (χ4v) is 10.6. The molecular weight excluding hydrogens is 952 g/mol. The van der Waals surface area contributed by atoms with Gasteiger partial charge in [0.05, 0.1) is 67.5 Å². The van der Waals surface area contributed by atoms with Crippen LogP contribution < -0.4 is 0 Å². The van der Waals surface area contributed by atoms with E-state index in [2.05, 4.69) is 22.5 Å². The second-order valence-electron chi connectivity index (χ2n) is 19.5. The number of nitrogens with zero attached hydrogens (tertiary/aromatic N) is 2. The predicted molar refractivity (Wildman–Crippen MR) is 261 cm³/mol. The first-order valence-electron chi connectivity index (χ1n) is 24.3. The molecule has 4 saturated heterocycles. The zero-order chi connectivity index (χ0) is 49.2. The zero-order valence-corrected chi connectivity index (χ0v) is 42.3. The molecule has 2 aromatic rings. The summed E-state index contributed by atoms with van der Waals surface area (Å²) >= 11 is 3.28. The van der Waals surface area contributed by atoms with Crippen molar-refractivity contribution in [3.63, 3.8) is 0 Å². The van der Waals surface area contributed by atoms with E-state index in [1.54, 1.807) is 37.6 Å². The van der Waals surface area contributed by atoms with Gasteiger partial charge in [0.2, 0.25) is 5.89 Å². The Morgan fingerprint density at radius 3 is 2.57 bits per heavy atom. The molecule has 16 heteroatoms. The first-order valence-corrected chi connectivity index (χ1v) is 25.2. The van der Waals surface area contributed by atoms with Gasteiger partial charge >= 0.3 is 5.97 Å². The third-order valence-corrected chi connectivity index (χ3v) is 14.2. The van der Waals surface area contributed by atoms with Gasteiger partial charge in [0, 0.05) is 57.8 Å². The Labute approximate surface area is 414 Å². The number of aliphatic hydroxyl groups excluding tert-OH is 2. The van der Waals surface area contributed by atoms with Crippen LogP contribution in [0.15, 0.2) is 92.2 Å². The summed E-state index contributed by atoms with van der Waals surface area (Å²) in [5.74, 6) is -1.95. The number of hydrogen-bond acceptors (Lipinski definition) is 15. The smallest absolute Gasteiger partial charge is 0.330 e. The predicted octanol–water partition coefficient (Wildman–Crippen LogP) is 8.76. The Hall–Kier alpha value is -3.81. The van der Waals surface area contributed by atoms with Crippen LogP contribution in [0, 0.1) is 11.8 Å². The fourth-order valence-electron chi connectivity index (χ4n) is 10.4. The molecule has 0 aromatic carbocycles. The minimum Gasteiger partial charge on any atom is -0.458 e. The van der Waals surface area contributed by atoms with Crippen molar-refractivity contribution in [3.8, 4) is 0 Å². The number of carbonyl (C=O) groups is 1. The molecule has 8 bridgehead atoms. The lowest BCUT2D eigenvalue weighted by atomic mass is 9.79. The van der Waals surface area contributed by atoms with E-state index in [1.807, 2.05) is 64.2 Å². The molecule has 7 heterocycles. The number of esters is 1. The normalized spacial score (nSPS) is 36.1. The number of halogens is 1. The second-order valence-corrected chi connectivity index (χ2v) is 20.0. The fraction of sp³-hybridized carbons (Fsp3) is 0.604. The molecule has 0 unspecified atom stereocenters. The number of rotatable bonds is 12. The third kappa shape index (κ3) is 14.6. The van der Waals surface area contributed by atoms with E-state index in [0.29, 0.717) is 75.1 Å². The van der Waals surface area contributed by atoms with Crippen molar-refractivity contribution < 1.29 is 62.1 Å². The van der Waals surface area contributed by atoms with Crippen molar-refractivity contribution in [2.24, 2.45) is 11.8 Å². The van der Waals surface area contributed by atoms with Crippen molar-refractivity contribution in [2.75, 3.05) is 14.2 Å². The summed E-state index contributed by atoms with van der Waals surface area (Å²) in [6.07, 6.45) is 19.5. The van der Waals surface area contributed by atoms with Gasteiger partial charge in [0.1, 0.15) is 36.1 Å². The number of oxazole rings is 2. The van der Waals surface area contributed by atoms with E-state index in [1.165, 1.54) is 12.3 Å². The molecule has 0 spiro atoms. The molecule has 3 N–H and O–H groups in total. The molecule has 0 saturated carbocycles. The minimum atomic E-state index is -1.73. The molecule has 15 nitrogen and oxygen atoms in total. The molecule has 7 rings (SSSR count). The number of allylic oxidation sites excluding steroid dienone is 2. The van der Waals surface area contributed by atoms with Crippen LogP contribution in [0.2, 0.25) is 0 Å². The maximum atomic E-state index is 13.6. The number of carbonyl (C=O) groups excluding carboxylic acids is 1. The average molecular weight is 1020 g/mol. The summed E-state index contributed by atoms with van der Waals surface area (Å²) in [6.45, 7) is 12.2. The number of hydrogen-bond donors (Lipinski definition) is 3. The lowest BCUT2D eigenvalue weighted by molar-refractivity contribution is -0.286. The standard InChI is InChI=1S/C53H71BrN2O13/c1-31(16-17-38(61-6)12-10-18-54)21-44(58)47-26-42(62-7)27-53(60,69-47)28-49-55-36(29-63-49)22-33(3)51-35(5)52-34(4)45(67-51)13-9-14-48-56-43(30-64-48)46-24-37(57)23-41(66-46)25-40-20-32(2)19-39(65-40)11-8-15-50(59)68-52/h8-10,14-18,21-22,29-30,34-35,37-42,44-47,51-52,57-58,60H,2,11-13,19-20,23-28H2,1,3-7H3/b14-9-,15-8-,17-16+,18-10+,31-21+,33-22+/t34-,35-,37-,38+,39-,40+,41-,42+,44+,45+,46+,47+,51-,52-,53-/m0/s1. The van der Waals surface area contributed by atoms with Gasteiger partial charge in [0.25, 0.3) is 0 Å². The molecule has 5 aliphatic heterocycles. The summed E-state index contributed by atoms with van der Waals surface area (Å²) < 4.78 is 55.2. The summed E-state index contributed by atoms with van der Waals surface area (Å²) in [5.41, 5.74) is 3.86. The molecule has 0 aliphatic carbocycles. The van der Waals surface area contributed by atoms with Gasteiger partial charge in [-0.3, -0.25) is 0 Å². The minimum absolute atomic E-state index is 0.0830. The number of aromatic nitrogens is 2. The van der Waals surface area contributed by atoms with E-state index >= 15 is 0 Å². The van der Waals surface area contributed by atoms with Crippen molar-refractivity contribution in [2.45, 2.75) is 177 Å². The van der Waals surface area contributed by atoms with Gasteiger partial charge in [-0.25, -0.2) is 14.8 Å². The Morgan fingerprint density at radius 2 is 1.78 bits per heavy atom. The molecule has 0 amide bonds. The van der Waals surface area contributed by atoms with Crippen LogP contribution in [0.1, 0.15) is 121 Å². The van der Waals surface area contributed by atoms with E-state index in [4.69, 9.17) is 52.0 Å². The Bertz CT molecular complexity index is 2210. The van der Waals surface area contributed by atoms with Crippen LogP contribution in [-0.2, 0) is 44.4 Å². The van der Waals surface area contributed by atoms with Gasteiger partial charge in [0.15, 0.2) is 11.7 Å². The van der Waals surface area contributed by atoms with Crippen molar-refractivity contribution in [3.05, 3.63) is 107 Å². The highest BCUT2D eigenvalue weighted by Gasteiger charge is 2.45. The van der Waals surface area contributed by atoms with Gasteiger partial charge in [-0.05, 0) is 75.1 Å². The number of fused-ring (bicyclic) bond motifs is 9. The maximum Gasteiger partial charge on any atom is 0.330 e. The van der Waals surface area contributed by atoms with Gasteiger partial charge in [-0.2, -0.15) is 0 Å². The summed E-state index contributed by atoms with van der Waals surface area (Å²) in [6, 6.07) is 0. The first-order chi connectivity index (χ1) is 33.1. The van der Waals surface area contributed by atoms with Gasteiger partial charge in [-0.1, -0.05) is 84.0 Å². The van der Waals surface area contributed by atoms with E-state index < -0.39 is 48.4 Å². The average Bonchev–Trinajstić information content (AvgIpc) is 3.96. The lowest BCUT2D eigenvalue weighted by Crippen LogP contribution is -2.51. The molecule has 2 aromatic heterocycles. The number of methoxy groups -OCH3 is 2. The van der Waals surface area contributed by atoms with E-state index in [-0.39, 0.29) is 67.2 Å². The topological polar surface area (TPSA) is 194 Å². The maximum absolute atomic E-state index is 13.6. The van der Waals surface area contributed by atoms with Crippen molar-refractivity contribution >= 4 is 34.1 Å². The molecule has 69 heavy (non-hydrogen) atoms. The Kier molecular flexibility index (Phi) is 18.9. The van der Waals surface area contributed by atoms with Crippen LogP contribution in [0.4, 0.5) is 0 Å². The Balaban J connectivity index is 1.06. The number of aliphatic hydroxyl groups is 3. The zero-order valence-electron chi connectivity index (χ0n) is 40.7. The molecular formula is C53H71BrN2O13. The first kappa shape index (κ1) is 53.0. The van der Waals surface area contributed by atoms with Crippen LogP contribution in [0.25, 0.3) is 12.2 Å². The lowest BCUT2D eigenvalue weighted by Gasteiger charge is -2.44. The van der Waals surface area contributed by atoms with Crippen LogP contribution in [0.3, 0.4) is 0 Å². The van der Waals surface area contributed by atoms with Crippen molar-refractivity contribution in [1.29, 1.82) is 0 Å². The Morgan fingerprint density at radius 1 is 0.986 bits per heavy atom. The number of ether oxygens (including phenoxy) is 7. The second kappa shape index (κ2) is 24.5. The molecule has 5 aliphatic rings. The van der Waals surface area contributed by atoms with Crippen LogP contribution in [-0.4, -0.2) is 118 Å². The third-order valence-electron chi connectivity index (χ3n) is 13.9. The van der Waals surface area contributed by atoms with Crippen LogP contribution in [0.5, 0.6) is 0 Å². The summed E-state index contributed by atoms with van der Waals surface area (Å²) in [7, 11) is 3.22. The molecule has 4 fully saturated rings. The van der Waals surface area contributed by atoms with Crippen molar-refractivity contribution in [1.82, 2.24) is 9.97 Å². The molecule has 15 atom stereocenters. The molecule has 0 radical (unpaired) electrons. The quantitative estimate of drug-likeness (QED) is 0.104. The van der Waals surface area contributed by atoms with Crippen LogP contribution >= 0.6 is 15.9 Å². The van der Waals surface area contributed by atoms with E-state index in [0.717, 1.165) is 16.7 Å². The SMILES string of the molecule is C=C1C[C@@H]2C[C@@H]3C[C@H](O)C[C@@H](O3)c3coc(n3)/C=C\C[C@H]3O[C@@H](/C(C)=C/c4coc(C[C@]5(O)C[C@H](OC)C[C@H]([C@H](O)/C=C(C)/C=C/[C@@H](C/C=C/Br)OC)O5)n4)[C@H](C)[C@@H](OC(=O)/C=C\C[C@@H](C1)O2)[C@H]3C. The monoisotopic (exact) mass is 1020 g/mol. The summed E-state index contributed by atoms with van der Waals surface area (Å²) in [5, 5.41) is 33.9. The van der Waals surface area contributed by atoms with E-state index in [9.17, 15) is 20.1 Å². The largest absolute Gasteiger partial charge is 0.458 e. The summed E-state index contributed by atoms with van der Waals surface area (Å²) in [4.78, 5) is 24.8. The van der Waals surface area contributed by atoms with Gasteiger partial charge < -0.3 is 57.3 Å². The molecule has 378 valence electrons.